The van der Waals surface area contributed by atoms with Crippen molar-refractivity contribution in [2.45, 2.75) is 0 Å². The van der Waals surface area contributed by atoms with Gasteiger partial charge in [0.1, 0.15) is 0 Å². The minimum absolute atomic E-state index is 0.680. The highest BCUT2D eigenvalue weighted by Gasteiger charge is 1.90. The Morgan fingerprint density at radius 3 is 2.10 bits per heavy atom. The van der Waals surface area contributed by atoms with Crippen LogP contribution in [0.4, 0.5) is 4.79 Å². The zero-order valence-electron chi connectivity index (χ0n) is 4.68. The Morgan fingerprint density at radius 2 is 1.80 bits per heavy atom. The third kappa shape index (κ3) is 4.71. The van der Waals surface area contributed by atoms with Gasteiger partial charge in [0.2, 0.25) is 5.96 Å². The fraction of sp³-hybridized carbons (Fsp3) is 0. The molecule has 0 rings (SSSR count). The number of primary amides is 1. The van der Waals surface area contributed by atoms with Gasteiger partial charge in [0, 0.05) is 0 Å². The number of nitrogens with two attached hydrogens (primary N) is 2. The minimum atomic E-state index is -2.70. The number of guanidine groups is 1. The van der Waals surface area contributed by atoms with Gasteiger partial charge < -0.3 is 11.5 Å². The maximum absolute atomic E-state index is 9.88. The van der Waals surface area contributed by atoms with E-state index in [0.717, 1.165) is 0 Å². The maximum Gasteiger partial charge on any atom is 0.341 e. The number of nitrogens with zero attached hydrogens (tertiary/aromatic N) is 2. The van der Waals surface area contributed by atoms with E-state index < -0.39 is 22.5 Å². The lowest BCUT2D eigenvalue weighted by Crippen LogP contribution is -2.14. The molecule has 0 aliphatic heterocycles. The molecule has 0 heterocycles. The standard InChI is InChI=1S/C2H4N4O3S/c3-1(5-2(4)7)6-10(8)9/h(H4,3,4,5,7). The van der Waals surface area contributed by atoms with Crippen molar-refractivity contribution in [3.05, 3.63) is 0 Å². The molecule has 8 heteroatoms. The van der Waals surface area contributed by atoms with E-state index in [4.69, 9.17) is 5.73 Å². The summed E-state index contributed by atoms with van der Waals surface area (Å²) < 4.78 is 22.1. The third-order valence-electron chi connectivity index (χ3n) is 0.393. The molecule has 0 aromatic heterocycles. The second-order valence-corrected chi connectivity index (χ2v) is 1.73. The lowest BCUT2D eigenvalue weighted by Gasteiger charge is -1.81. The minimum Gasteiger partial charge on any atom is -0.367 e. The molecule has 0 aromatic rings. The number of rotatable bonds is 0. The molecule has 4 N–H and O–H groups in total. The summed E-state index contributed by atoms with van der Waals surface area (Å²) in [5.41, 5.74) is 9.27. The number of aliphatic imine (C=N–C) groups is 1. The van der Waals surface area contributed by atoms with Gasteiger partial charge in [-0.1, -0.05) is 4.36 Å². The molecule has 0 aliphatic carbocycles. The molecule has 0 unspecified atom stereocenters. The molecule has 0 saturated carbocycles. The summed E-state index contributed by atoms with van der Waals surface area (Å²) in [6.07, 6.45) is 0. The van der Waals surface area contributed by atoms with Crippen molar-refractivity contribution in [3.63, 3.8) is 0 Å². The van der Waals surface area contributed by atoms with E-state index in [-0.39, 0.29) is 0 Å². The van der Waals surface area contributed by atoms with Gasteiger partial charge in [-0.05, 0) is 0 Å². The summed E-state index contributed by atoms with van der Waals surface area (Å²) in [7, 11) is -2.70. The van der Waals surface area contributed by atoms with Crippen molar-refractivity contribution < 1.29 is 13.2 Å². The fourth-order valence-corrected chi connectivity index (χ4v) is 0.403. The SMILES string of the molecule is NC(=O)N=C(N)N=S(=O)=O. The Hall–Kier alpha value is -1.44. The van der Waals surface area contributed by atoms with Crippen LogP contribution in [-0.2, 0) is 10.5 Å². The van der Waals surface area contributed by atoms with Crippen molar-refractivity contribution in [3.8, 4) is 0 Å². The van der Waals surface area contributed by atoms with Gasteiger partial charge in [0.15, 0.2) is 0 Å². The Labute approximate surface area is 57.4 Å². The molecule has 0 bridgehead atoms. The molecule has 7 nitrogen and oxygen atoms in total. The summed E-state index contributed by atoms with van der Waals surface area (Å²) in [6.45, 7) is 0. The topological polar surface area (TPSA) is 128 Å². The van der Waals surface area contributed by atoms with Crippen molar-refractivity contribution in [1.82, 2.24) is 0 Å². The molecule has 0 fully saturated rings. The zero-order chi connectivity index (χ0) is 8.15. The van der Waals surface area contributed by atoms with Crippen LogP contribution in [-0.4, -0.2) is 20.4 Å². The fourth-order valence-electron chi connectivity index (χ4n) is 0.210. The molecule has 0 radical (unpaired) electrons. The summed E-state index contributed by atoms with van der Waals surface area (Å²) in [5.74, 6) is -0.680. The van der Waals surface area contributed by atoms with E-state index in [1.165, 1.54) is 0 Å². The van der Waals surface area contributed by atoms with Crippen LogP contribution in [0, 0.1) is 0 Å². The average molecular weight is 164 g/mol. The molecule has 56 valence electrons. The smallest absolute Gasteiger partial charge is 0.341 e. The Morgan fingerprint density at radius 1 is 1.30 bits per heavy atom. The van der Waals surface area contributed by atoms with Crippen LogP contribution in [0.3, 0.4) is 0 Å². The maximum atomic E-state index is 9.88. The van der Waals surface area contributed by atoms with Gasteiger partial charge in [-0.3, -0.25) is 0 Å². The predicted molar refractivity (Wildman–Crippen MR) is 32.6 cm³/mol. The first kappa shape index (κ1) is 8.56. The second kappa shape index (κ2) is 3.56. The molecular weight excluding hydrogens is 160 g/mol. The monoisotopic (exact) mass is 164 g/mol. The van der Waals surface area contributed by atoms with Crippen LogP contribution in [0.5, 0.6) is 0 Å². The molecule has 0 spiro atoms. The van der Waals surface area contributed by atoms with Crippen molar-refractivity contribution in [2.24, 2.45) is 20.8 Å². The van der Waals surface area contributed by atoms with E-state index in [9.17, 15) is 13.2 Å². The molecule has 0 aliphatic rings. The van der Waals surface area contributed by atoms with Crippen LogP contribution < -0.4 is 11.5 Å². The first-order valence-corrected chi connectivity index (χ1v) is 3.00. The highest BCUT2D eigenvalue weighted by Crippen LogP contribution is 1.71. The van der Waals surface area contributed by atoms with E-state index in [0.29, 0.717) is 0 Å². The molecule has 0 saturated heterocycles. The number of hydrogen-bond donors (Lipinski definition) is 2. The first-order chi connectivity index (χ1) is 4.52. The van der Waals surface area contributed by atoms with Crippen molar-refractivity contribution in [2.75, 3.05) is 0 Å². The summed E-state index contributed by atoms with van der Waals surface area (Å²) in [4.78, 5) is 12.7. The normalized spacial score (nSPS) is 10.6. The molecule has 2 amide bonds. The molecule has 10 heavy (non-hydrogen) atoms. The second-order valence-electron chi connectivity index (χ2n) is 1.12. The highest BCUT2D eigenvalue weighted by molar-refractivity contribution is 7.62. The van der Waals surface area contributed by atoms with E-state index in [1.807, 2.05) is 0 Å². The summed E-state index contributed by atoms with van der Waals surface area (Å²) in [6, 6.07) is -1.09. The van der Waals surface area contributed by atoms with Gasteiger partial charge in [-0.25, -0.2) is 4.79 Å². The van der Waals surface area contributed by atoms with Crippen molar-refractivity contribution >= 4 is 22.5 Å². The van der Waals surface area contributed by atoms with Crippen LogP contribution in [0.2, 0.25) is 0 Å². The largest absolute Gasteiger partial charge is 0.367 e. The molecule has 0 aromatic carbocycles. The number of carbonyl (C=O) groups excluding carboxylic acids is 1. The van der Waals surface area contributed by atoms with Gasteiger partial charge in [-0.2, -0.15) is 13.4 Å². The van der Waals surface area contributed by atoms with Crippen LogP contribution in [0.25, 0.3) is 0 Å². The van der Waals surface area contributed by atoms with Gasteiger partial charge in [0.25, 0.3) is 0 Å². The quantitative estimate of drug-likeness (QED) is 0.331. The van der Waals surface area contributed by atoms with Crippen LogP contribution >= 0.6 is 0 Å². The molecule has 0 atom stereocenters. The number of carbonyl (C=O) groups is 1. The van der Waals surface area contributed by atoms with E-state index in [2.05, 4.69) is 15.1 Å². The van der Waals surface area contributed by atoms with Crippen LogP contribution in [0.15, 0.2) is 9.36 Å². The lowest BCUT2D eigenvalue weighted by atomic mass is 11.0. The number of hydrogen-bond acceptors (Lipinski definition) is 3. The van der Waals surface area contributed by atoms with Crippen LogP contribution in [0.1, 0.15) is 0 Å². The third-order valence-corrected chi connectivity index (χ3v) is 0.729. The van der Waals surface area contributed by atoms with E-state index >= 15 is 0 Å². The summed E-state index contributed by atoms with van der Waals surface area (Å²) in [5, 5.41) is 0. The van der Waals surface area contributed by atoms with Gasteiger partial charge in [0.05, 0.1) is 0 Å². The Bertz CT molecular complexity index is 280. The highest BCUT2D eigenvalue weighted by atomic mass is 32.2. The Kier molecular flexibility index (Phi) is 3.05. The Balaban J connectivity index is 4.53. The van der Waals surface area contributed by atoms with Crippen molar-refractivity contribution in [1.29, 1.82) is 0 Å². The predicted octanol–water partition coefficient (Wildman–Crippen LogP) is -1.56. The summed E-state index contributed by atoms with van der Waals surface area (Å²) >= 11 is 0. The lowest BCUT2D eigenvalue weighted by molar-refractivity contribution is 0.256. The number of urea groups is 1. The average Bonchev–Trinajstić information content (AvgIpc) is 1.58. The number of amides is 2. The molecular formula is C2H4N4O3S. The van der Waals surface area contributed by atoms with Gasteiger partial charge >= 0.3 is 16.5 Å². The van der Waals surface area contributed by atoms with Gasteiger partial charge in [-0.15, -0.1) is 0 Å². The van der Waals surface area contributed by atoms with E-state index in [1.54, 1.807) is 0 Å². The first-order valence-electron chi connectivity index (χ1n) is 1.97. The zero-order valence-corrected chi connectivity index (χ0v) is 5.50.